The Bertz CT molecular complexity index is 233. The highest BCUT2D eigenvalue weighted by Crippen LogP contribution is 2.10. The molecule has 0 bridgehead atoms. The van der Waals surface area contributed by atoms with E-state index in [0.717, 1.165) is 12.1 Å². The molecule has 0 aliphatic rings. The maximum atomic E-state index is 5.80. The van der Waals surface area contributed by atoms with Crippen LogP contribution < -0.4 is 5.73 Å². The first-order valence-corrected chi connectivity index (χ1v) is 3.92. The van der Waals surface area contributed by atoms with Crippen LogP contribution in [0.25, 0.3) is 0 Å². The number of hydrogen-bond acceptors (Lipinski definition) is 2. The van der Waals surface area contributed by atoms with Crippen molar-refractivity contribution < 1.29 is 0 Å². The lowest BCUT2D eigenvalue weighted by Crippen LogP contribution is -2.10. The summed E-state index contributed by atoms with van der Waals surface area (Å²) in [5.41, 5.74) is 8.01. The lowest BCUT2D eigenvalue weighted by atomic mass is 10.1. The largest absolute Gasteiger partial charge is 0.323 e. The molecule has 0 aliphatic carbocycles. The second kappa shape index (κ2) is 3.49. The normalized spacial score (nSPS) is 13.0. The molecule has 1 rings (SSSR count). The van der Waals surface area contributed by atoms with E-state index in [2.05, 4.69) is 11.9 Å². The van der Waals surface area contributed by atoms with E-state index in [1.54, 1.807) is 6.20 Å². The number of rotatable bonds is 2. The third-order valence-electron chi connectivity index (χ3n) is 1.76. The molecule has 0 saturated heterocycles. The van der Waals surface area contributed by atoms with Crippen molar-refractivity contribution in [1.29, 1.82) is 0 Å². The fourth-order valence-corrected chi connectivity index (χ4v) is 0.971. The number of hydrogen-bond donors (Lipinski definition) is 1. The predicted octanol–water partition coefficient (Wildman–Crippen LogP) is 1.80. The highest BCUT2D eigenvalue weighted by molar-refractivity contribution is 5.16. The van der Waals surface area contributed by atoms with Crippen molar-refractivity contribution in [2.75, 3.05) is 0 Å². The van der Waals surface area contributed by atoms with Gasteiger partial charge in [0, 0.05) is 12.2 Å². The Morgan fingerprint density at radius 3 is 2.91 bits per heavy atom. The summed E-state index contributed by atoms with van der Waals surface area (Å²) < 4.78 is 0. The highest BCUT2D eigenvalue weighted by Gasteiger charge is 2.02. The average Bonchev–Trinajstić information content (AvgIpc) is 2.03. The monoisotopic (exact) mass is 150 g/mol. The first-order valence-electron chi connectivity index (χ1n) is 3.92. The molecule has 2 nitrogen and oxygen atoms in total. The Morgan fingerprint density at radius 1 is 1.64 bits per heavy atom. The van der Waals surface area contributed by atoms with Crippen molar-refractivity contribution in [2.24, 2.45) is 5.73 Å². The molecule has 1 heterocycles. The second-order valence-electron chi connectivity index (χ2n) is 2.77. The van der Waals surface area contributed by atoms with Gasteiger partial charge in [0.25, 0.3) is 0 Å². The molecule has 0 fully saturated rings. The first-order chi connectivity index (χ1) is 5.24. The number of pyridine rings is 1. The third-order valence-corrected chi connectivity index (χ3v) is 1.76. The smallest absolute Gasteiger partial charge is 0.0573 e. The van der Waals surface area contributed by atoms with Crippen LogP contribution >= 0.6 is 0 Å². The third kappa shape index (κ3) is 2.02. The second-order valence-corrected chi connectivity index (χ2v) is 2.77. The molecule has 60 valence electrons. The minimum atomic E-state index is 0.0925. The minimum absolute atomic E-state index is 0.0925. The van der Waals surface area contributed by atoms with Crippen molar-refractivity contribution in [3.63, 3.8) is 0 Å². The highest BCUT2D eigenvalue weighted by atomic mass is 14.8. The van der Waals surface area contributed by atoms with Gasteiger partial charge in [0.2, 0.25) is 0 Å². The SMILES string of the molecule is CC[C@H](N)c1cc(C)ccn1. The van der Waals surface area contributed by atoms with Gasteiger partial charge in [-0.1, -0.05) is 6.92 Å². The number of aryl methyl sites for hydroxylation is 1. The Kier molecular flexibility index (Phi) is 2.60. The van der Waals surface area contributed by atoms with Gasteiger partial charge in [-0.05, 0) is 31.0 Å². The van der Waals surface area contributed by atoms with Crippen LogP contribution in [0.2, 0.25) is 0 Å². The molecule has 0 unspecified atom stereocenters. The maximum Gasteiger partial charge on any atom is 0.0573 e. The van der Waals surface area contributed by atoms with Crippen LogP contribution in [-0.4, -0.2) is 4.98 Å². The Labute approximate surface area is 67.5 Å². The Hall–Kier alpha value is -0.890. The molecule has 2 heteroatoms. The van der Waals surface area contributed by atoms with Crippen LogP contribution in [-0.2, 0) is 0 Å². The molecular weight excluding hydrogens is 136 g/mol. The maximum absolute atomic E-state index is 5.80. The minimum Gasteiger partial charge on any atom is -0.323 e. The summed E-state index contributed by atoms with van der Waals surface area (Å²) in [6, 6.07) is 4.11. The van der Waals surface area contributed by atoms with Crippen LogP contribution in [0, 0.1) is 6.92 Å². The van der Waals surface area contributed by atoms with Crippen LogP contribution in [0.15, 0.2) is 18.3 Å². The first kappa shape index (κ1) is 8.21. The van der Waals surface area contributed by atoms with E-state index >= 15 is 0 Å². The molecular formula is C9H14N2. The van der Waals surface area contributed by atoms with Crippen molar-refractivity contribution >= 4 is 0 Å². The number of nitrogens with zero attached hydrogens (tertiary/aromatic N) is 1. The lowest BCUT2D eigenvalue weighted by molar-refractivity contribution is 0.674. The zero-order valence-electron chi connectivity index (χ0n) is 7.04. The quantitative estimate of drug-likeness (QED) is 0.698. The fraction of sp³-hybridized carbons (Fsp3) is 0.444. The molecule has 0 aliphatic heterocycles. The molecule has 0 saturated carbocycles. The molecule has 1 aromatic rings. The molecule has 2 N–H and O–H groups in total. The number of aromatic nitrogens is 1. The summed E-state index contributed by atoms with van der Waals surface area (Å²) in [5, 5.41) is 0. The molecule has 11 heavy (non-hydrogen) atoms. The van der Waals surface area contributed by atoms with Crippen molar-refractivity contribution in [2.45, 2.75) is 26.3 Å². The summed E-state index contributed by atoms with van der Waals surface area (Å²) in [5.74, 6) is 0. The molecule has 0 aromatic carbocycles. The Morgan fingerprint density at radius 2 is 2.36 bits per heavy atom. The van der Waals surface area contributed by atoms with Gasteiger partial charge in [0.05, 0.1) is 5.69 Å². The van der Waals surface area contributed by atoms with Crippen LogP contribution in [0.3, 0.4) is 0 Å². The molecule has 1 atom stereocenters. The summed E-state index contributed by atoms with van der Waals surface area (Å²) >= 11 is 0. The van der Waals surface area contributed by atoms with E-state index in [4.69, 9.17) is 5.73 Å². The van der Waals surface area contributed by atoms with Gasteiger partial charge in [-0.15, -0.1) is 0 Å². The average molecular weight is 150 g/mol. The van der Waals surface area contributed by atoms with Crippen LogP contribution in [0.5, 0.6) is 0 Å². The lowest BCUT2D eigenvalue weighted by Gasteiger charge is -2.07. The van der Waals surface area contributed by atoms with E-state index in [9.17, 15) is 0 Å². The van der Waals surface area contributed by atoms with Gasteiger partial charge in [-0.25, -0.2) is 0 Å². The summed E-state index contributed by atoms with van der Waals surface area (Å²) in [6.45, 7) is 4.11. The number of nitrogens with two attached hydrogens (primary N) is 1. The fourth-order valence-electron chi connectivity index (χ4n) is 0.971. The van der Waals surface area contributed by atoms with Gasteiger partial charge in [0.15, 0.2) is 0 Å². The van der Waals surface area contributed by atoms with E-state index in [1.807, 2.05) is 19.1 Å². The van der Waals surface area contributed by atoms with Gasteiger partial charge >= 0.3 is 0 Å². The molecule has 1 aromatic heterocycles. The predicted molar refractivity (Wildman–Crippen MR) is 46.2 cm³/mol. The van der Waals surface area contributed by atoms with Crippen molar-refractivity contribution in [1.82, 2.24) is 4.98 Å². The van der Waals surface area contributed by atoms with Gasteiger partial charge < -0.3 is 5.73 Å². The molecule has 0 radical (unpaired) electrons. The van der Waals surface area contributed by atoms with Crippen LogP contribution in [0.1, 0.15) is 30.6 Å². The zero-order valence-corrected chi connectivity index (χ0v) is 7.04. The van der Waals surface area contributed by atoms with Gasteiger partial charge in [-0.2, -0.15) is 0 Å². The van der Waals surface area contributed by atoms with Crippen molar-refractivity contribution in [3.8, 4) is 0 Å². The zero-order chi connectivity index (χ0) is 8.27. The van der Waals surface area contributed by atoms with E-state index in [-0.39, 0.29) is 6.04 Å². The van der Waals surface area contributed by atoms with Gasteiger partial charge in [0.1, 0.15) is 0 Å². The topological polar surface area (TPSA) is 38.9 Å². The standard InChI is InChI=1S/C9H14N2/c1-3-8(10)9-6-7(2)4-5-11-9/h4-6,8H,3,10H2,1-2H3/t8-/m0/s1. The van der Waals surface area contributed by atoms with E-state index < -0.39 is 0 Å². The van der Waals surface area contributed by atoms with E-state index in [0.29, 0.717) is 0 Å². The molecule has 0 spiro atoms. The van der Waals surface area contributed by atoms with Gasteiger partial charge in [-0.3, -0.25) is 4.98 Å². The Balaban J connectivity index is 2.86. The summed E-state index contributed by atoms with van der Waals surface area (Å²) in [4.78, 5) is 4.19. The van der Waals surface area contributed by atoms with Crippen LogP contribution in [0.4, 0.5) is 0 Å². The van der Waals surface area contributed by atoms with Crippen molar-refractivity contribution in [3.05, 3.63) is 29.6 Å². The van der Waals surface area contributed by atoms with E-state index in [1.165, 1.54) is 5.56 Å². The summed E-state index contributed by atoms with van der Waals surface area (Å²) in [7, 11) is 0. The molecule has 0 amide bonds. The summed E-state index contributed by atoms with van der Waals surface area (Å²) in [6.07, 6.45) is 2.75.